The minimum atomic E-state index is -0.654. The summed E-state index contributed by atoms with van der Waals surface area (Å²) in [7, 11) is 1.55. The molecule has 1 aromatic carbocycles. The van der Waals surface area contributed by atoms with Crippen molar-refractivity contribution >= 4 is 29.5 Å². The summed E-state index contributed by atoms with van der Waals surface area (Å²) in [5.74, 6) is 7.13. The van der Waals surface area contributed by atoms with Crippen molar-refractivity contribution in [3.8, 4) is 17.5 Å². The molecule has 12 heteroatoms. The Morgan fingerprint density at radius 3 is 2.49 bits per heavy atom. The number of carbonyl (C=O) groups excluding carboxylic acids is 2. The third-order valence-electron chi connectivity index (χ3n) is 5.75. The number of hydrogen-bond donors (Lipinski definition) is 3. The molecule has 0 unspecified atom stereocenters. The summed E-state index contributed by atoms with van der Waals surface area (Å²) in [5, 5.41) is 17.6. The van der Waals surface area contributed by atoms with Crippen molar-refractivity contribution in [3.63, 3.8) is 0 Å². The van der Waals surface area contributed by atoms with Crippen molar-refractivity contribution in [3.05, 3.63) is 48.4 Å². The van der Waals surface area contributed by atoms with Crippen LogP contribution in [0.3, 0.4) is 0 Å². The number of amides is 2. The summed E-state index contributed by atoms with van der Waals surface area (Å²) >= 11 is 0. The lowest BCUT2D eigenvalue weighted by Gasteiger charge is -2.28. The fourth-order valence-electron chi connectivity index (χ4n) is 3.43. The Balaban J connectivity index is 1.52. The van der Waals surface area contributed by atoms with Crippen LogP contribution >= 0.6 is 0 Å². The fourth-order valence-corrected chi connectivity index (χ4v) is 3.43. The first-order valence-corrected chi connectivity index (χ1v) is 13.6. The number of aromatic nitrogens is 5. The van der Waals surface area contributed by atoms with Crippen LogP contribution in [0.1, 0.15) is 59.4 Å². The van der Waals surface area contributed by atoms with E-state index in [-0.39, 0.29) is 5.91 Å². The number of anilines is 3. The number of nitrogens with one attached hydrogen (secondary N) is 3. The Hall–Kier alpha value is -4.66. The molecular weight excluding hydrogens is 522 g/mol. The maximum absolute atomic E-state index is 12.5. The molecule has 3 N–H and O–H groups in total. The van der Waals surface area contributed by atoms with Gasteiger partial charge in [-0.05, 0) is 64.8 Å². The molecule has 0 saturated heterocycles. The summed E-state index contributed by atoms with van der Waals surface area (Å²) in [6.07, 6.45) is 6.57. The van der Waals surface area contributed by atoms with Crippen molar-refractivity contribution in [2.45, 2.75) is 65.5 Å². The predicted molar refractivity (Wildman–Crippen MR) is 158 cm³/mol. The largest absolute Gasteiger partial charge is 0.444 e. The van der Waals surface area contributed by atoms with Crippen LogP contribution < -0.4 is 16.0 Å². The number of rotatable bonds is 11. The molecular formula is C29H39N9O3. The highest BCUT2D eigenvalue weighted by molar-refractivity contribution is 5.85. The number of ether oxygens (including phenoxy) is 1. The highest BCUT2D eigenvalue weighted by atomic mass is 16.6. The number of benzene rings is 1. The monoisotopic (exact) mass is 561 g/mol. The zero-order valence-electron chi connectivity index (χ0n) is 24.6. The van der Waals surface area contributed by atoms with Gasteiger partial charge in [-0.1, -0.05) is 18.8 Å². The van der Waals surface area contributed by atoms with E-state index in [0.717, 1.165) is 24.3 Å². The maximum Gasteiger partial charge on any atom is 0.410 e. The van der Waals surface area contributed by atoms with Gasteiger partial charge in [-0.25, -0.2) is 9.78 Å². The molecule has 0 spiro atoms. The fraction of sp³-hybridized carbons (Fsp3) is 0.448. The lowest BCUT2D eigenvalue weighted by molar-refractivity contribution is -0.125. The average molecular weight is 562 g/mol. The molecule has 41 heavy (non-hydrogen) atoms. The number of likely N-dealkylation sites (N-methyl/N-ethyl adjacent to an activating group) is 1. The topological polar surface area (TPSA) is 139 Å². The molecule has 218 valence electrons. The Morgan fingerprint density at radius 1 is 1.12 bits per heavy atom. The van der Waals surface area contributed by atoms with Crippen molar-refractivity contribution in [1.82, 2.24) is 35.2 Å². The standard InChI is InChI=1S/C29H39N9O3/c1-7-16-30-25-22(11-9-8-10-17-31-26(39)21(2)37(6)28(40)41-29(3,4)5)20-32-27(36-25)35-23-12-14-24(15-13-23)38-33-18-19-34-38/h12-15,18-21H,7-8,10,16-17H2,1-6H3,(H,31,39)(H2,30,32,35,36)/t21-/m0/s1. The van der Waals surface area contributed by atoms with E-state index in [1.165, 1.54) is 4.90 Å². The minimum absolute atomic E-state index is 0.249. The zero-order chi connectivity index (χ0) is 29.8. The minimum Gasteiger partial charge on any atom is -0.444 e. The molecule has 0 aliphatic carbocycles. The molecule has 2 aromatic heterocycles. The molecule has 2 amide bonds. The van der Waals surface area contributed by atoms with Crippen LogP contribution in [0.5, 0.6) is 0 Å². The molecule has 0 aliphatic heterocycles. The van der Waals surface area contributed by atoms with Gasteiger partial charge >= 0.3 is 6.09 Å². The highest BCUT2D eigenvalue weighted by Gasteiger charge is 2.26. The molecule has 12 nitrogen and oxygen atoms in total. The summed E-state index contributed by atoms with van der Waals surface area (Å²) < 4.78 is 5.32. The van der Waals surface area contributed by atoms with Crippen LogP contribution in [-0.2, 0) is 9.53 Å². The van der Waals surface area contributed by atoms with E-state index in [1.807, 2.05) is 24.3 Å². The molecule has 0 radical (unpaired) electrons. The quantitative estimate of drug-likeness (QED) is 0.233. The number of unbranched alkanes of at least 4 members (excludes halogenated alkanes) is 1. The average Bonchev–Trinajstić information content (AvgIpc) is 3.48. The van der Waals surface area contributed by atoms with Crippen LogP contribution in [0.15, 0.2) is 42.9 Å². The van der Waals surface area contributed by atoms with Gasteiger partial charge in [-0.15, -0.1) is 0 Å². The Kier molecular flexibility index (Phi) is 11.0. The van der Waals surface area contributed by atoms with E-state index < -0.39 is 17.7 Å². The first kappa shape index (κ1) is 30.9. The zero-order valence-corrected chi connectivity index (χ0v) is 24.6. The van der Waals surface area contributed by atoms with Gasteiger partial charge in [-0.2, -0.15) is 20.0 Å². The molecule has 0 fully saturated rings. The lowest BCUT2D eigenvalue weighted by atomic mass is 10.2. The first-order valence-electron chi connectivity index (χ1n) is 13.6. The van der Waals surface area contributed by atoms with Crippen LogP contribution in [0.25, 0.3) is 5.69 Å². The van der Waals surface area contributed by atoms with Crippen molar-refractivity contribution < 1.29 is 14.3 Å². The van der Waals surface area contributed by atoms with Crippen molar-refractivity contribution in [2.75, 3.05) is 30.8 Å². The smallest absolute Gasteiger partial charge is 0.410 e. The van der Waals surface area contributed by atoms with E-state index in [4.69, 9.17) is 4.74 Å². The predicted octanol–water partition coefficient (Wildman–Crippen LogP) is 4.13. The van der Waals surface area contributed by atoms with Crippen LogP contribution in [0, 0.1) is 11.8 Å². The second-order valence-corrected chi connectivity index (χ2v) is 10.3. The number of hydrogen-bond acceptors (Lipinski definition) is 9. The summed E-state index contributed by atoms with van der Waals surface area (Å²) in [5.41, 5.74) is 1.75. The molecule has 1 atom stereocenters. The van der Waals surface area contributed by atoms with Crippen LogP contribution in [-0.4, -0.2) is 73.6 Å². The van der Waals surface area contributed by atoms with Gasteiger partial charge in [-0.3, -0.25) is 9.69 Å². The van der Waals surface area contributed by atoms with Gasteiger partial charge in [0.15, 0.2) is 0 Å². The van der Waals surface area contributed by atoms with Gasteiger partial charge in [0.05, 0.1) is 29.8 Å². The summed E-state index contributed by atoms with van der Waals surface area (Å²) in [4.78, 5) is 36.5. The van der Waals surface area contributed by atoms with E-state index in [1.54, 1.807) is 58.1 Å². The lowest BCUT2D eigenvalue weighted by Crippen LogP contribution is -2.47. The molecule has 0 bridgehead atoms. The van der Waals surface area contributed by atoms with E-state index in [9.17, 15) is 9.59 Å². The van der Waals surface area contributed by atoms with Gasteiger partial charge < -0.3 is 20.7 Å². The Bertz CT molecular complexity index is 1340. The summed E-state index contributed by atoms with van der Waals surface area (Å²) in [6, 6.07) is 6.97. The van der Waals surface area contributed by atoms with Crippen LogP contribution in [0.4, 0.5) is 22.2 Å². The highest BCUT2D eigenvalue weighted by Crippen LogP contribution is 2.19. The van der Waals surface area contributed by atoms with E-state index in [2.05, 4.69) is 54.9 Å². The molecule has 0 saturated carbocycles. The second kappa shape index (κ2) is 14.6. The molecule has 2 heterocycles. The Morgan fingerprint density at radius 2 is 1.83 bits per heavy atom. The van der Waals surface area contributed by atoms with Gasteiger partial charge in [0.2, 0.25) is 11.9 Å². The third kappa shape index (κ3) is 9.79. The van der Waals surface area contributed by atoms with E-state index >= 15 is 0 Å². The van der Waals surface area contributed by atoms with Gasteiger partial charge in [0, 0.05) is 32.2 Å². The second-order valence-electron chi connectivity index (χ2n) is 10.3. The summed E-state index contributed by atoms with van der Waals surface area (Å²) in [6.45, 7) is 10.3. The van der Waals surface area contributed by atoms with Crippen LogP contribution in [0.2, 0.25) is 0 Å². The maximum atomic E-state index is 12.5. The van der Waals surface area contributed by atoms with Crippen molar-refractivity contribution in [2.24, 2.45) is 0 Å². The van der Waals surface area contributed by atoms with Gasteiger partial charge in [0.25, 0.3) is 0 Å². The molecule has 3 aromatic rings. The van der Waals surface area contributed by atoms with E-state index in [0.29, 0.717) is 36.7 Å². The SMILES string of the molecule is CCCNc1nc(Nc2ccc(-n3nccn3)cc2)ncc1C#CCCCNC(=O)[C@H](C)N(C)C(=O)OC(C)(C)C. The van der Waals surface area contributed by atoms with Gasteiger partial charge in [0.1, 0.15) is 17.5 Å². The number of nitrogens with zero attached hydrogens (tertiary/aromatic N) is 6. The Labute approximate surface area is 241 Å². The first-order chi connectivity index (χ1) is 19.6. The molecule has 0 aliphatic rings. The molecule has 3 rings (SSSR count). The normalized spacial score (nSPS) is 11.6. The number of carbonyl (C=O) groups is 2. The van der Waals surface area contributed by atoms with Crippen molar-refractivity contribution in [1.29, 1.82) is 0 Å². The third-order valence-corrected chi connectivity index (χ3v) is 5.75.